The third-order valence-electron chi connectivity index (χ3n) is 20.0. The largest absolute Gasteiger partial charge is 0.305 e. The monoisotopic (exact) mass is 2590 g/mol. The quantitative estimate of drug-likeness (QED) is 0.0516. The topological polar surface area (TPSA) is 64.5 Å². The van der Waals surface area contributed by atoms with E-state index in [2.05, 4.69) is 148 Å². The van der Waals surface area contributed by atoms with Crippen LogP contribution in [0.5, 0.6) is 0 Å². The van der Waals surface area contributed by atoms with Gasteiger partial charge in [-0.3, -0.25) is 22.0 Å². The van der Waals surface area contributed by atoms with Crippen molar-refractivity contribution in [3.05, 3.63) is 237 Å². The van der Waals surface area contributed by atoms with Crippen molar-refractivity contribution in [3.8, 4) is 56.3 Å². The summed E-state index contributed by atoms with van der Waals surface area (Å²) < 4.78 is 225. The summed E-state index contributed by atoms with van der Waals surface area (Å²) in [5.41, 5.74) is 6.69. The van der Waals surface area contributed by atoms with Crippen molar-refractivity contribution in [1.82, 2.24) is 24.9 Å². The SMILES string of the molecule is [2H]C([2H])([2H])c1c[c-]c(-c2cc(C([2H])([2H])[2H])c([Si](C)(C)C)cn2)c(F)c1.[2H]C([2H])([2H])c1cc(F)c[c-]c1-c1cc(C([2H])([2H])C(C)(C)C)c([Si](C)(C)C)cn1.[2H]C([2H])([2H])c1cc(F)c[c-]c1-c1cc(CC(C)C)c([Si](C)(C)C)cn1.[2H]C([2H])([2H])c1cc(F)c[c-]c1-c1cc(CC2CCCC2)c([Si](C)(C)C)cn1.[2H]C([2H])([2H])c1cc(F)c[c-]c1-c1cc(CC2CCCCC2)c([Si](C)(C)C)cn1.[Ir].[Ir].[Ir].[Ir].[Ir]. The molecule has 0 aliphatic heterocycles. The Labute approximate surface area is 808 Å². The molecule has 12 rings (SSSR count). The number of nitrogens with zero attached hydrogens (tertiary/aromatic N) is 5. The van der Waals surface area contributed by atoms with Gasteiger partial charge in [-0.1, -0.05) is 289 Å². The molecule has 0 amide bonds. The molecule has 20 heteroatoms. The van der Waals surface area contributed by atoms with Crippen LogP contribution in [0.2, 0.25) is 98.2 Å². The van der Waals surface area contributed by atoms with Gasteiger partial charge in [-0.15, -0.1) is 141 Å². The number of hydrogen-bond donors (Lipinski definition) is 0. The minimum atomic E-state index is -2.53. The molecule has 5 heterocycles. The average Bonchev–Trinajstić information content (AvgIpc) is 0.853. The molecule has 0 unspecified atom stereocenters. The van der Waals surface area contributed by atoms with Crippen LogP contribution in [0.4, 0.5) is 22.0 Å². The number of halogens is 5. The van der Waals surface area contributed by atoms with E-state index in [0.29, 0.717) is 62.3 Å². The molecule has 5 radical (unpaired) electrons. The van der Waals surface area contributed by atoms with E-state index in [1.165, 1.54) is 127 Å². The molecule has 2 saturated carbocycles. The fourth-order valence-corrected chi connectivity index (χ4v) is 21.9. The number of pyridine rings is 5. The average molecular weight is 2590 g/mol. The van der Waals surface area contributed by atoms with E-state index in [1.54, 1.807) is 12.3 Å². The van der Waals surface area contributed by atoms with Crippen molar-refractivity contribution in [3.63, 3.8) is 0 Å². The van der Waals surface area contributed by atoms with Gasteiger partial charge in [0.15, 0.2) is 0 Å². The molecule has 0 N–H and O–H groups in total. The summed E-state index contributed by atoms with van der Waals surface area (Å²) in [7, 11) is -8.63. The first-order valence-corrected chi connectivity index (χ1v) is 56.8. The fourth-order valence-electron chi connectivity index (χ4n) is 14.4. The Morgan fingerprint density at radius 3 is 0.958 bits per heavy atom. The van der Waals surface area contributed by atoms with E-state index in [0.717, 1.165) is 60.8 Å². The van der Waals surface area contributed by atoms with Gasteiger partial charge in [-0.2, -0.15) is 0 Å². The molecule has 2 fully saturated rings. The Morgan fingerprint density at radius 2 is 0.653 bits per heavy atom. The maximum atomic E-state index is 14.4. The zero-order valence-corrected chi connectivity index (χ0v) is 88.5. The zero-order valence-electron chi connectivity index (χ0n) is 91.6. The van der Waals surface area contributed by atoms with Gasteiger partial charge in [0.2, 0.25) is 0 Å². The van der Waals surface area contributed by atoms with Crippen LogP contribution in [0, 0.1) is 124 Å². The van der Waals surface area contributed by atoms with Crippen LogP contribution in [0.1, 0.15) is 175 Å². The van der Waals surface area contributed by atoms with Gasteiger partial charge in [0, 0.05) is 188 Å². The predicted octanol–water partition coefficient (Wildman–Crippen LogP) is 24.6. The molecule has 0 bridgehead atoms. The molecule has 2 aliphatic rings. The molecule has 10 aromatic rings. The molecule has 5 aromatic heterocycles. The number of hydrogen-bond acceptors (Lipinski definition) is 5. The molecule has 118 heavy (non-hydrogen) atoms. The molecular formula is C98H127F5Ir5N5Si5-5. The minimum absolute atomic E-state index is 0. The predicted molar refractivity (Wildman–Crippen MR) is 483 cm³/mol. The second-order valence-corrected chi connectivity index (χ2v) is 61.9. The van der Waals surface area contributed by atoms with Crippen LogP contribution in [0.15, 0.2) is 122 Å². The summed E-state index contributed by atoms with van der Waals surface area (Å²) in [6.45, 7) is 28.3. The first-order valence-electron chi connectivity index (χ1n) is 49.3. The van der Waals surface area contributed by atoms with E-state index < -0.39 is 122 Å². The van der Waals surface area contributed by atoms with E-state index >= 15 is 0 Å². The Hall–Kier alpha value is -4.17. The van der Waals surface area contributed by atoms with Crippen LogP contribution in [-0.4, -0.2) is 65.3 Å². The second kappa shape index (κ2) is 46.7. The Balaban J connectivity index is 0.000000440. The van der Waals surface area contributed by atoms with E-state index in [4.69, 9.17) is 27.4 Å². The van der Waals surface area contributed by atoms with Gasteiger partial charge in [-0.25, -0.2) is 0 Å². The first-order chi connectivity index (χ1) is 60.7. The van der Waals surface area contributed by atoms with Gasteiger partial charge in [-0.05, 0) is 110 Å². The Morgan fingerprint density at radius 1 is 0.364 bits per heavy atom. The third-order valence-corrected chi connectivity index (χ3v) is 30.2. The summed E-state index contributed by atoms with van der Waals surface area (Å²) in [5.74, 6) is -1.41. The van der Waals surface area contributed by atoms with Crippen molar-refractivity contribution in [2.45, 2.75) is 257 Å². The van der Waals surface area contributed by atoms with Gasteiger partial charge in [0.1, 0.15) is 0 Å². The van der Waals surface area contributed by atoms with Crippen LogP contribution in [0.25, 0.3) is 56.3 Å². The maximum absolute atomic E-state index is 14.4. The van der Waals surface area contributed by atoms with Gasteiger partial charge in [0.25, 0.3) is 0 Å². The number of benzene rings is 5. The van der Waals surface area contributed by atoms with Crippen molar-refractivity contribution < 1.29 is 150 Å². The molecule has 2 aliphatic carbocycles. The minimum Gasteiger partial charge on any atom is -0.305 e. The maximum Gasteiger partial charge on any atom is 0.0798 e. The number of aromatic nitrogens is 5. The van der Waals surface area contributed by atoms with Gasteiger partial charge < -0.3 is 24.9 Å². The molecule has 649 valence electrons. The summed E-state index contributed by atoms with van der Waals surface area (Å²) in [4.78, 5) is 22.4. The third kappa shape index (κ3) is 31.8. The molecular weight excluding hydrogens is 2440 g/mol. The van der Waals surface area contributed by atoms with Crippen molar-refractivity contribution in [1.29, 1.82) is 0 Å². The van der Waals surface area contributed by atoms with Crippen molar-refractivity contribution >= 4 is 66.3 Å². The van der Waals surface area contributed by atoms with Crippen LogP contribution in [-0.2, 0) is 126 Å². The van der Waals surface area contributed by atoms with Crippen molar-refractivity contribution in [2.24, 2.45) is 23.2 Å². The standard InChI is InChI=1S/C22H29FNSi.C21H27FNSi.C20H27FNSi.C19H25FNSi.C16H19FNSi.5Ir/c1-16-12-19(23)10-11-20(16)21-14-18(13-17-8-6-5-7-9-17)22(15-24-21)25(2,3)4;1-15-11-18(22)9-10-19(15)20-13-17(12-16-7-5-6-8-16)21(14-23-20)24(2,3)4;1-14-10-16(21)8-9-17(14)18-11-15(12-20(2,3)4)19(13-22-18)23(5,6)7;1-13(2)9-15-11-18(21-12-19(15)22(4,5)6)17-8-7-16(20)10-14(17)3;1-11-6-7-13(14(17)8-11)15-9-12(2)16(10-18-15)19(3,4)5;;;;;/h10,12,14-15,17H,5-9,13H2,1-4H3;9,11,13-14,16H,5-8,12H2,1-4H3;8,10-11,13H,12H2,1-7H3;7,10-13H,9H2,1-6H3;6,8-10H,1-5H3;;;;;/q5*-1;;;;;/i2*1D3;1D3,12D2;3D3;1D3,2D3;;;;;. The van der Waals surface area contributed by atoms with Crippen LogP contribution in [0.3, 0.4) is 0 Å². The molecule has 0 atom stereocenters. The molecule has 0 spiro atoms. The van der Waals surface area contributed by atoms with Gasteiger partial charge in [0.05, 0.1) is 40.4 Å². The molecule has 5 aromatic carbocycles. The Kier molecular flexibility index (Phi) is 31.1. The first kappa shape index (κ1) is 78.5. The summed E-state index contributed by atoms with van der Waals surface area (Å²) in [6, 6.07) is 33.7. The van der Waals surface area contributed by atoms with E-state index in [1.807, 2.05) is 77.2 Å². The summed E-state index contributed by atoms with van der Waals surface area (Å²) in [6.07, 6.45) is 21.7. The normalized spacial score (nSPS) is 16.5. The van der Waals surface area contributed by atoms with E-state index in [-0.39, 0.29) is 156 Å². The van der Waals surface area contributed by atoms with Crippen LogP contribution >= 0.6 is 0 Å². The van der Waals surface area contributed by atoms with E-state index in [9.17, 15) is 22.0 Å². The number of rotatable bonds is 17. The second-order valence-electron chi connectivity index (χ2n) is 36.7. The zero-order chi connectivity index (χ0) is 100. The summed E-state index contributed by atoms with van der Waals surface area (Å²) in [5, 5.41) is 5.52. The fraction of sp³-hybridized carbons (Fsp3) is 0.439. The summed E-state index contributed by atoms with van der Waals surface area (Å²) >= 11 is 0. The van der Waals surface area contributed by atoms with Crippen LogP contribution < -0.4 is 25.9 Å². The smallest absolute Gasteiger partial charge is 0.0798 e. The number of aryl methyl sites for hydroxylation is 6. The molecule has 5 nitrogen and oxygen atoms in total. The Bertz CT molecular complexity index is 5740. The van der Waals surface area contributed by atoms with Gasteiger partial charge >= 0.3 is 0 Å². The van der Waals surface area contributed by atoms with Crippen molar-refractivity contribution in [2.75, 3.05) is 0 Å². The molecule has 0 saturated heterocycles.